The minimum absolute atomic E-state index is 0.0415. The lowest BCUT2D eigenvalue weighted by molar-refractivity contribution is 0.0951. The van der Waals surface area contributed by atoms with Gasteiger partial charge in [-0.1, -0.05) is 25.0 Å². The van der Waals surface area contributed by atoms with Gasteiger partial charge < -0.3 is 25.6 Å². The lowest BCUT2D eigenvalue weighted by atomic mass is 9.83. The number of hydrogen-bond donors (Lipinski definition) is 3. The molecule has 0 spiro atoms. The Hall–Kier alpha value is -2.12. The molecule has 0 unspecified atom stereocenters. The first-order valence-corrected chi connectivity index (χ1v) is 12.1. The number of aliphatic imine (C=N–C) groups is 1. The van der Waals surface area contributed by atoms with E-state index >= 15 is 0 Å². The molecule has 7 nitrogen and oxygen atoms in total. The Balaban J connectivity index is 1.95. The molecule has 0 aliphatic heterocycles. The number of guanidine groups is 1. The van der Waals surface area contributed by atoms with Crippen LogP contribution in [0.2, 0.25) is 0 Å². The van der Waals surface area contributed by atoms with Crippen molar-refractivity contribution in [3.63, 3.8) is 0 Å². The second-order valence-electron chi connectivity index (χ2n) is 8.96. The van der Waals surface area contributed by atoms with Gasteiger partial charge in [-0.25, -0.2) is 4.99 Å². The van der Waals surface area contributed by atoms with Crippen molar-refractivity contribution in [2.75, 3.05) is 53.5 Å². The molecule has 3 N–H and O–H groups in total. The van der Waals surface area contributed by atoms with E-state index in [-0.39, 0.29) is 5.91 Å². The molecule has 0 saturated heterocycles. The Morgan fingerprint density at radius 3 is 2.62 bits per heavy atom. The van der Waals surface area contributed by atoms with Gasteiger partial charge in [0.05, 0.1) is 6.54 Å². The van der Waals surface area contributed by atoms with Crippen molar-refractivity contribution in [3.8, 4) is 0 Å². The van der Waals surface area contributed by atoms with Crippen LogP contribution in [-0.4, -0.2) is 70.3 Å². The summed E-state index contributed by atoms with van der Waals surface area (Å²) in [7, 11) is 3.99. The lowest BCUT2D eigenvalue weighted by Crippen LogP contribution is -2.43. The third-order valence-electron chi connectivity index (χ3n) is 6.07. The second-order valence-corrected chi connectivity index (χ2v) is 8.96. The van der Waals surface area contributed by atoms with Crippen molar-refractivity contribution in [1.29, 1.82) is 0 Å². The van der Waals surface area contributed by atoms with Gasteiger partial charge in [0.2, 0.25) is 0 Å². The van der Waals surface area contributed by atoms with Crippen LogP contribution in [0.5, 0.6) is 0 Å². The zero-order chi connectivity index (χ0) is 23.2. The normalized spacial score (nSPS) is 15.7. The maximum Gasteiger partial charge on any atom is 0.251 e. The molecule has 0 aromatic heterocycles. The van der Waals surface area contributed by atoms with Crippen LogP contribution in [0.3, 0.4) is 0 Å². The Morgan fingerprint density at radius 2 is 1.94 bits per heavy atom. The highest BCUT2D eigenvalue weighted by atomic mass is 16.5. The minimum Gasteiger partial charge on any atom is -0.382 e. The molecular weight excluding hydrogens is 402 g/mol. The molecule has 0 heterocycles. The summed E-state index contributed by atoms with van der Waals surface area (Å²) >= 11 is 0. The van der Waals surface area contributed by atoms with Crippen molar-refractivity contribution in [2.24, 2.45) is 10.4 Å². The molecule has 1 saturated carbocycles. The van der Waals surface area contributed by atoms with E-state index in [0.29, 0.717) is 24.1 Å². The van der Waals surface area contributed by atoms with E-state index in [4.69, 9.17) is 9.73 Å². The molecule has 180 valence electrons. The van der Waals surface area contributed by atoms with Crippen molar-refractivity contribution in [2.45, 2.75) is 52.5 Å². The molecule has 0 bridgehead atoms. The summed E-state index contributed by atoms with van der Waals surface area (Å²) in [4.78, 5) is 19.2. The maximum absolute atomic E-state index is 12.4. The molecule has 1 amide bonds. The molecule has 2 rings (SSSR count). The summed E-state index contributed by atoms with van der Waals surface area (Å²) in [5.74, 6) is 0.788. The van der Waals surface area contributed by atoms with Crippen LogP contribution in [-0.2, 0) is 11.3 Å². The molecule has 7 heteroatoms. The SMILES string of the molecule is CCNC(=NCc1cccc(C(=O)NCCN(C)C)c1)NCC1(CCOCC)CCCC1. The first kappa shape index (κ1) is 26.1. The van der Waals surface area contributed by atoms with Crippen molar-refractivity contribution in [1.82, 2.24) is 20.9 Å². The van der Waals surface area contributed by atoms with Crippen molar-refractivity contribution >= 4 is 11.9 Å². The highest BCUT2D eigenvalue weighted by Crippen LogP contribution is 2.40. The van der Waals surface area contributed by atoms with E-state index in [0.717, 1.165) is 50.8 Å². The van der Waals surface area contributed by atoms with Crippen molar-refractivity contribution in [3.05, 3.63) is 35.4 Å². The van der Waals surface area contributed by atoms with Gasteiger partial charge in [0, 0.05) is 45.0 Å². The van der Waals surface area contributed by atoms with Crippen LogP contribution < -0.4 is 16.0 Å². The molecule has 1 aromatic carbocycles. The largest absolute Gasteiger partial charge is 0.382 e. The highest BCUT2D eigenvalue weighted by Gasteiger charge is 2.33. The van der Waals surface area contributed by atoms with Gasteiger partial charge in [-0.15, -0.1) is 0 Å². The topological polar surface area (TPSA) is 78.0 Å². The number of hydrogen-bond acceptors (Lipinski definition) is 4. The van der Waals surface area contributed by atoms with Gasteiger partial charge in [-0.2, -0.15) is 0 Å². The van der Waals surface area contributed by atoms with Crippen LogP contribution in [0.25, 0.3) is 0 Å². The molecule has 1 aliphatic rings. The van der Waals surface area contributed by atoms with Gasteiger partial charge in [-0.3, -0.25) is 4.79 Å². The fourth-order valence-corrected chi connectivity index (χ4v) is 4.16. The predicted molar refractivity (Wildman–Crippen MR) is 132 cm³/mol. The first-order valence-electron chi connectivity index (χ1n) is 12.1. The summed E-state index contributed by atoms with van der Waals surface area (Å²) in [5.41, 5.74) is 2.00. The quantitative estimate of drug-likeness (QED) is 0.247. The van der Waals surface area contributed by atoms with Gasteiger partial charge in [0.15, 0.2) is 5.96 Å². The lowest BCUT2D eigenvalue weighted by Gasteiger charge is -2.30. The smallest absolute Gasteiger partial charge is 0.251 e. The number of nitrogens with zero attached hydrogens (tertiary/aromatic N) is 2. The van der Waals surface area contributed by atoms with E-state index < -0.39 is 0 Å². The third kappa shape index (κ3) is 9.17. The standard InChI is InChI=1S/C25H43N5O2/c1-5-26-24(29-20-25(12-7-8-13-25)14-17-32-6-2)28-19-21-10-9-11-22(18-21)23(31)27-15-16-30(3)4/h9-11,18H,5-8,12-17,19-20H2,1-4H3,(H,27,31)(H2,26,28,29). The van der Waals surface area contributed by atoms with Gasteiger partial charge in [0.25, 0.3) is 5.91 Å². The van der Waals surface area contributed by atoms with Crippen LogP contribution in [0.15, 0.2) is 29.3 Å². The number of benzene rings is 1. The van der Waals surface area contributed by atoms with Gasteiger partial charge in [0.1, 0.15) is 0 Å². The van der Waals surface area contributed by atoms with E-state index in [9.17, 15) is 4.79 Å². The molecule has 32 heavy (non-hydrogen) atoms. The van der Waals surface area contributed by atoms with Crippen LogP contribution >= 0.6 is 0 Å². The fraction of sp³-hybridized carbons (Fsp3) is 0.680. The van der Waals surface area contributed by atoms with E-state index in [1.165, 1.54) is 25.7 Å². The molecular formula is C25H43N5O2. The molecule has 1 aliphatic carbocycles. The van der Waals surface area contributed by atoms with Crippen molar-refractivity contribution < 1.29 is 9.53 Å². The number of ether oxygens (including phenoxy) is 1. The molecule has 1 fully saturated rings. The number of nitrogens with one attached hydrogen (secondary N) is 3. The predicted octanol–water partition coefficient (Wildman–Crippen LogP) is 3.02. The Bertz CT molecular complexity index is 714. The summed E-state index contributed by atoms with van der Waals surface area (Å²) in [6, 6.07) is 7.72. The number of likely N-dealkylation sites (N-methyl/N-ethyl adjacent to an activating group) is 1. The Labute approximate surface area is 194 Å². The van der Waals surface area contributed by atoms with Gasteiger partial charge >= 0.3 is 0 Å². The second kappa shape index (κ2) is 14.1. The molecule has 0 atom stereocenters. The average Bonchev–Trinajstić information content (AvgIpc) is 3.25. The summed E-state index contributed by atoms with van der Waals surface area (Å²) in [6.07, 6.45) is 6.18. The Kier molecular flexibility index (Phi) is 11.5. The molecule has 1 aromatic rings. The van der Waals surface area contributed by atoms with Gasteiger partial charge in [-0.05, 0) is 70.3 Å². The number of carbonyl (C=O) groups excluding carboxylic acids is 1. The first-order chi connectivity index (χ1) is 15.5. The van der Waals surface area contributed by atoms with E-state index in [2.05, 4.69) is 29.8 Å². The monoisotopic (exact) mass is 445 g/mol. The number of carbonyl (C=O) groups is 1. The number of amides is 1. The van der Waals surface area contributed by atoms with E-state index in [1.807, 2.05) is 43.3 Å². The Morgan fingerprint density at radius 1 is 1.16 bits per heavy atom. The zero-order valence-electron chi connectivity index (χ0n) is 20.5. The van der Waals surface area contributed by atoms with Crippen LogP contribution in [0.4, 0.5) is 0 Å². The van der Waals surface area contributed by atoms with E-state index in [1.54, 1.807) is 0 Å². The minimum atomic E-state index is -0.0415. The van der Waals surface area contributed by atoms with Crippen LogP contribution in [0, 0.1) is 5.41 Å². The fourth-order valence-electron chi connectivity index (χ4n) is 4.16. The summed E-state index contributed by atoms with van der Waals surface area (Å²) in [5, 5.41) is 9.90. The summed E-state index contributed by atoms with van der Waals surface area (Å²) < 4.78 is 5.64. The third-order valence-corrected chi connectivity index (χ3v) is 6.07. The number of rotatable bonds is 13. The average molecular weight is 446 g/mol. The van der Waals surface area contributed by atoms with Crippen LogP contribution in [0.1, 0.15) is 61.9 Å². The summed E-state index contributed by atoms with van der Waals surface area (Å²) in [6.45, 7) is 9.45. The highest BCUT2D eigenvalue weighted by molar-refractivity contribution is 5.94. The maximum atomic E-state index is 12.4. The molecule has 0 radical (unpaired) electrons. The zero-order valence-corrected chi connectivity index (χ0v) is 20.5.